The highest BCUT2D eigenvalue weighted by Gasteiger charge is 2.26. The molecular formula is C16H13N3O5S. The molecule has 2 aromatic heterocycles. The van der Waals surface area contributed by atoms with E-state index >= 15 is 0 Å². The molecule has 0 bridgehead atoms. The number of carbonyl (C=O) groups is 1. The number of nitrogens with zero attached hydrogens (tertiary/aromatic N) is 2. The van der Waals surface area contributed by atoms with E-state index < -0.39 is 21.9 Å². The Morgan fingerprint density at radius 2 is 1.88 bits per heavy atom. The lowest BCUT2D eigenvalue weighted by molar-refractivity contribution is 0.0698. The zero-order chi connectivity index (χ0) is 18.0. The predicted molar refractivity (Wildman–Crippen MR) is 90.6 cm³/mol. The Balaban J connectivity index is 0.000000250. The molecule has 0 atom stereocenters. The van der Waals surface area contributed by atoms with Gasteiger partial charge in [-0.15, -0.1) is 0 Å². The Morgan fingerprint density at radius 3 is 2.32 bits per heavy atom. The molecule has 2 aliphatic rings. The van der Waals surface area contributed by atoms with Crippen molar-refractivity contribution in [3.8, 4) is 22.5 Å². The highest BCUT2D eigenvalue weighted by molar-refractivity contribution is 7.92. The van der Waals surface area contributed by atoms with E-state index in [2.05, 4.69) is 34.4 Å². The molecule has 0 unspecified atom stereocenters. The molecule has 4 rings (SSSR count). The fraction of sp³-hybridized carbons (Fsp3) is 0.0625. The third kappa shape index (κ3) is 4.01. The molecule has 9 heteroatoms. The quantitative estimate of drug-likeness (QED) is 0.574. The summed E-state index contributed by atoms with van der Waals surface area (Å²) in [7, 11) is -3.67. The summed E-state index contributed by atoms with van der Waals surface area (Å²) in [5.41, 5.74) is 2.69. The number of fused-ring (bicyclic) bond motifs is 1. The van der Waals surface area contributed by atoms with E-state index in [1.165, 1.54) is 23.4 Å². The number of anilines is 1. The summed E-state index contributed by atoms with van der Waals surface area (Å²) in [5, 5.41) is 12.7. The van der Waals surface area contributed by atoms with Gasteiger partial charge in [-0.2, -0.15) is 0 Å². The van der Waals surface area contributed by atoms with Crippen molar-refractivity contribution in [2.45, 2.75) is 0 Å². The molecule has 2 aromatic rings. The van der Waals surface area contributed by atoms with Gasteiger partial charge in [0.2, 0.25) is 10.0 Å². The van der Waals surface area contributed by atoms with E-state index in [9.17, 15) is 13.2 Å². The second kappa shape index (κ2) is 6.36. The normalized spacial score (nSPS) is 11.2. The number of hydrogen-bond donors (Lipinski definition) is 2. The van der Waals surface area contributed by atoms with Crippen LogP contribution in [0.5, 0.6) is 0 Å². The summed E-state index contributed by atoms with van der Waals surface area (Å²) in [6.07, 6.45) is 2.33. The van der Waals surface area contributed by atoms with Gasteiger partial charge in [0, 0.05) is 6.20 Å². The summed E-state index contributed by atoms with van der Waals surface area (Å²) in [4.78, 5) is 15.1. The number of nitrogens with one attached hydrogen (secondary N) is 1. The molecule has 0 amide bonds. The van der Waals surface area contributed by atoms with Crippen LogP contribution in [0.4, 0.5) is 5.88 Å². The maximum absolute atomic E-state index is 11.2. The zero-order valence-electron chi connectivity index (χ0n) is 13.0. The van der Waals surface area contributed by atoms with Crippen molar-refractivity contribution in [2.24, 2.45) is 0 Å². The molecule has 2 heterocycles. The van der Waals surface area contributed by atoms with E-state index in [4.69, 9.17) is 9.63 Å². The first kappa shape index (κ1) is 16.7. The molecule has 2 aliphatic carbocycles. The second-order valence-corrected chi connectivity index (χ2v) is 6.96. The molecule has 0 aromatic carbocycles. The number of aromatic nitrogens is 2. The Bertz CT molecular complexity index is 1010. The maximum atomic E-state index is 11.2. The molecule has 0 saturated carbocycles. The van der Waals surface area contributed by atoms with Crippen molar-refractivity contribution in [3.05, 3.63) is 54.2 Å². The highest BCUT2D eigenvalue weighted by Crippen LogP contribution is 2.32. The van der Waals surface area contributed by atoms with Gasteiger partial charge in [0.15, 0.2) is 5.56 Å². The molecule has 2 N–H and O–H groups in total. The Morgan fingerprint density at radius 1 is 1.16 bits per heavy atom. The molecule has 0 fully saturated rings. The van der Waals surface area contributed by atoms with Crippen LogP contribution in [0.15, 0.2) is 53.2 Å². The Labute approximate surface area is 143 Å². The Kier molecular flexibility index (Phi) is 4.24. The van der Waals surface area contributed by atoms with E-state index in [1.54, 1.807) is 12.1 Å². The van der Waals surface area contributed by atoms with Crippen LogP contribution < -0.4 is 4.72 Å². The average molecular weight is 359 g/mol. The van der Waals surface area contributed by atoms with Gasteiger partial charge in [0.05, 0.1) is 11.9 Å². The average Bonchev–Trinajstić information content (AvgIpc) is 2.95. The van der Waals surface area contributed by atoms with Gasteiger partial charge in [0.25, 0.3) is 5.88 Å². The summed E-state index contributed by atoms with van der Waals surface area (Å²) in [6, 6.07) is 13.3. The lowest BCUT2D eigenvalue weighted by Gasteiger charge is -2.00. The van der Waals surface area contributed by atoms with Crippen LogP contribution in [0, 0.1) is 0 Å². The first-order valence-electron chi connectivity index (χ1n) is 7.08. The molecule has 8 nitrogen and oxygen atoms in total. The van der Waals surface area contributed by atoms with Crippen molar-refractivity contribution >= 4 is 21.9 Å². The summed E-state index contributed by atoms with van der Waals surface area (Å²) in [5.74, 6) is -1.82. The number of hydrogen-bond acceptors (Lipinski definition) is 6. The zero-order valence-corrected chi connectivity index (χ0v) is 13.8. The van der Waals surface area contributed by atoms with Crippen LogP contribution in [0.25, 0.3) is 22.5 Å². The van der Waals surface area contributed by atoms with Crippen LogP contribution in [0.1, 0.15) is 10.4 Å². The number of pyridine rings is 1. The molecule has 0 spiro atoms. The number of aromatic carboxylic acids is 1. The van der Waals surface area contributed by atoms with E-state index in [-0.39, 0.29) is 17.0 Å². The maximum Gasteiger partial charge on any atom is 0.343 e. The lowest BCUT2D eigenvalue weighted by Crippen LogP contribution is -2.12. The molecule has 0 aliphatic heterocycles. The van der Waals surface area contributed by atoms with Crippen molar-refractivity contribution in [1.29, 1.82) is 0 Å². The molecule has 25 heavy (non-hydrogen) atoms. The summed E-state index contributed by atoms with van der Waals surface area (Å²) < 4.78 is 28.9. The van der Waals surface area contributed by atoms with Crippen molar-refractivity contribution in [3.63, 3.8) is 0 Å². The smallest absolute Gasteiger partial charge is 0.343 e. The number of carboxylic acid groups (broad SMARTS) is 1. The van der Waals surface area contributed by atoms with Crippen LogP contribution in [-0.2, 0) is 10.0 Å². The highest BCUT2D eigenvalue weighted by atomic mass is 32.2. The first-order valence-corrected chi connectivity index (χ1v) is 8.97. The minimum Gasteiger partial charge on any atom is -0.477 e. The van der Waals surface area contributed by atoms with E-state index in [0.717, 1.165) is 6.26 Å². The number of benzene rings is 1. The number of carboxylic acids is 1. The van der Waals surface area contributed by atoms with Crippen LogP contribution in [0.2, 0.25) is 0 Å². The van der Waals surface area contributed by atoms with Crippen LogP contribution in [-0.4, -0.2) is 35.9 Å². The fourth-order valence-corrected chi connectivity index (χ4v) is 2.56. The minimum absolute atomic E-state index is 0.0424. The minimum atomic E-state index is -3.67. The predicted octanol–water partition coefficient (Wildman–Crippen LogP) is 2.47. The van der Waals surface area contributed by atoms with Gasteiger partial charge in [-0.3, -0.25) is 9.71 Å². The van der Waals surface area contributed by atoms with Gasteiger partial charge >= 0.3 is 5.97 Å². The third-order valence-corrected chi connectivity index (χ3v) is 3.76. The van der Waals surface area contributed by atoms with Crippen molar-refractivity contribution < 1.29 is 22.8 Å². The molecule has 0 saturated heterocycles. The van der Waals surface area contributed by atoms with Gasteiger partial charge in [-0.1, -0.05) is 29.4 Å². The number of sulfonamides is 1. The summed E-state index contributed by atoms with van der Waals surface area (Å²) in [6.45, 7) is 0. The van der Waals surface area contributed by atoms with Gasteiger partial charge in [-0.25, -0.2) is 13.2 Å². The van der Waals surface area contributed by atoms with E-state index in [1.807, 2.05) is 4.72 Å². The topological polar surface area (TPSA) is 122 Å². The molecular weight excluding hydrogens is 346 g/mol. The SMILES string of the molecule is CS(=O)(=O)Nc1onc(-c2ccccn2)c1C(=O)O.c1cc2cc-2c1. The number of rotatable bonds is 4. The van der Waals surface area contributed by atoms with Gasteiger partial charge < -0.3 is 9.63 Å². The van der Waals surface area contributed by atoms with Gasteiger partial charge in [0.1, 0.15) is 5.69 Å². The van der Waals surface area contributed by atoms with Crippen LogP contribution in [0.3, 0.4) is 0 Å². The molecule has 0 radical (unpaired) electrons. The monoisotopic (exact) mass is 359 g/mol. The third-order valence-electron chi connectivity index (χ3n) is 3.20. The van der Waals surface area contributed by atoms with Crippen LogP contribution >= 0.6 is 0 Å². The molecule has 128 valence electrons. The van der Waals surface area contributed by atoms with Gasteiger partial charge in [-0.05, 0) is 29.3 Å². The van der Waals surface area contributed by atoms with Crippen molar-refractivity contribution in [1.82, 2.24) is 10.1 Å². The first-order chi connectivity index (χ1) is 11.8. The van der Waals surface area contributed by atoms with E-state index in [0.29, 0.717) is 0 Å². The lowest BCUT2D eigenvalue weighted by atomic mass is 10.2. The fourth-order valence-electron chi connectivity index (χ4n) is 2.08. The standard InChI is InChI=1S/C10H9N3O5S.C6H4/c1-19(16,17)13-9-7(10(14)15)8(12-18-9)6-4-2-3-5-11-6;1-2-5-4-6(5)3-1/h2-5,13H,1H3,(H,14,15);1-4H. The second-order valence-electron chi connectivity index (χ2n) is 5.21. The summed E-state index contributed by atoms with van der Waals surface area (Å²) >= 11 is 0. The largest absolute Gasteiger partial charge is 0.477 e. The Hall–Kier alpha value is -3.20. The van der Waals surface area contributed by atoms with Crippen molar-refractivity contribution in [2.75, 3.05) is 11.0 Å².